The van der Waals surface area contributed by atoms with Gasteiger partial charge in [0.15, 0.2) is 0 Å². The van der Waals surface area contributed by atoms with E-state index < -0.39 is 0 Å². The fraction of sp³-hybridized carbons (Fsp3) is 0.0769. The Balaban J connectivity index is 1.02. The summed E-state index contributed by atoms with van der Waals surface area (Å²) in [7, 11) is 0. The fourth-order valence-electron chi connectivity index (χ4n) is 9.94. The van der Waals surface area contributed by atoms with Crippen molar-refractivity contribution in [2.75, 3.05) is 4.90 Å². The fourth-order valence-corrected chi connectivity index (χ4v) is 9.94. The third-order valence-electron chi connectivity index (χ3n) is 12.3. The first-order valence-electron chi connectivity index (χ1n) is 18.7. The summed E-state index contributed by atoms with van der Waals surface area (Å²) < 4.78 is 0. The lowest BCUT2D eigenvalue weighted by molar-refractivity contribution is 0.660. The summed E-state index contributed by atoms with van der Waals surface area (Å²) in [6.45, 7) is 4.70. The second-order valence-corrected chi connectivity index (χ2v) is 15.3. The highest BCUT2D eigenvalue weighted by Gasteiger charge is 2.51. The van der Waals surface area contributed by atoms with Crippen molar-refractivity contribution in [2.24, 2.45) is 0 Å². The van der Waals surface area contributed by atoms with Gasteiger partial charge in [0.1, 0.15) is 0 Å². The summed E-state index contributed by atoms with van der Waals surface area (Å²) in [5.74, 6) is 0. The van der Waals surface area contributed by atoms with Gasteiger partial charge < -0.3 is 4.90 Å². The van der Waals surface area contributed by atoms with Crippen LogP contribution in [0.1, 0.15) is 47.2 Å². The molecule has 1 heteroatoms. The first-order chi connectivity index (χ1) is 26.0. The van der Waals surface area contributed by atoms with Crippen LogP contribution in [-0.2, 0) is 10.8 Å². The van der Waals surface area contributed by atoms with Crippen LogP contribution in [0.2, 0.25) is 0 Å². The predicted octanol–water partition coefficient (Wildman–Crippen LogP) is 13.5. The Morgan fingerprint density at radius 3 is 1.36 bits per heavy atom. The van der Waals surface area contributed by atoms with Gasteiger partial charge in [0, 0.05) is 22.5 Å². The molecule has 0 bridgehead atoms. The SMILES string of the molecule is CC1(C)c2ccccc2-c2ccc(N(c3ccccc3)c3ccc(-c4ccc5c(c4)-c4ccccc4C54c5ccccc5-c5ccccc54)cc3)cc21. The second-order valence-electron chi connectivity index (χ2n) is 15.3. The van der Waals surface area contributed by atoms with Gasteiger partial charge in [-0.15, -0.1) is 0 Å². The largest absolute Gasteiger partial charge is 0.310 e. The molecule has 0 N–H and O–H groups in total. The number of rotatable bonds is 4. The Labute approximate surface area is 311 Å². The van der Waals surface area contributed by atoms with Crippen LogP contribution < -0.4 is 4.90 Å². The standard InChI is InChI=1S/C52H37N/c1-51(2)45-20-10-6-16-39(45)43-30-29-38(33-50(43)51)53(36-14-4-3-5-15-36)37-27-24-34(25-28-37)35-26-31-49-44(32-35)42-19-9-13-23-48(42)52(49)46-21-11-7-17-40(46)41-18-8-12-22-47(41)52/h3-33H,1-2H3. The number of para-hydroxylation sites is 1. The highest BCUT2D eigenvalue weighted by molar-refractivity contribution is 5.96. The van der Waals surface area contributed by atoms with E-state index in [4.69, 9.17) is 0 Å². The molecular formula is C52H37N. The maximum absolute atomic E-state index is 2.43. The Morgan fingerprint density at radius 1 is 0.302 bits per heavy atom. The van der Waals surface area contributed by atoms with E-state index >= 15 is 0 Å². The maximum atomic E-state index is 2.43. The first kappa shape index (κ1) is 30.2. The Bertz CT molecular complexity index is 2710. The van der Waals surface area contributed by atoms with Gasteiger partial charge in [-0.1, -0.05) is 159 Å². The van der Waals surface area contributed by atoms with Crippen LogP contribution in [0, 0.1) is 0 Å². The van der Waals surface area contributed by atoms with E-state index in [1.807, 2.05) is 0 Å². The zero-order valence-electron chi connectivity index (χ0n) is 29.8. The van der Waals surface area contributed by atoms with Crippen molar-refractivity contribution in [1.29, 1.82) is 0 Å². The number of nitrogens with zero attached hydrogens (tertiary/aromatic N) is 1. The quantitative estimate of drug-likeness (QED) is 0.179. The molecular weight excluding hydrogens is 639 g/mol. The van der Waals surface area contributed by atoms with Crippen LogP contribution in [0.15, 0.2) is 188 Å². The lowest BCUT2D eigenvalue weighted by Crippen LogP contribution is -2.25. The third kappa shape index (κ3) is 4.08. The topological polar surface area (TPSA) is 3.24 Å². The number of fused-ring (bicyclic) bond motifs is 13. The molecule has 8 aromatic carbocycles. The van der Waals surface area contributed by atoms with E-state index in [2.05, 4.69) is 207 Å². The lowest BCUT2D eigenvalue weighted by Gasteiger charge is -2.30. The normalized spacial score (nSPS) is 14.5. The molecule has 1 nitrogen and oxygen atoms in total. The Kier molecular flexibility index (Phi) is 6.29. The van der Waals surface area contributed by atoms with E-state index in [9.17, 15) is 0 Å². The van der Waals surface area contributed by atoms with Crippen molar-refractivity contribution in [1.82, 2.24) is 0 Å². The van der Waals surface area contributed by atoms with Crippen LogP contribution in [0.5, 0.6) is 0 Å². The van der Waals surface area contributed by atoms with Crippen molar-refractivity contribution in [3.63, 3.8) is 0 Å². The maximum Gasteiger partial charge on any atom is 0.0725 e. The predicted molar refractivity (Wildman–Crippen MR) is 220 cm³/mol. The Morgan fingerprint density at radius 2 is 0.736 bits per heavy atom. The molecule has 0 saturated carbocycles. The molecule has 0 radical (unpaired) electrons. The van der Waals surface area contributed by atoms with Gasteiger partial charge in [-0.3, -0.25) is 0 Å². The van der Waals surface area contributed by atoms with Crippen molar-refractivity contribution in [3.05, 3.63) is 221 Å². The molecule has 0 atom stereocenters. The van der Waals surface area contributed by atoms with E-state index in [-0.39, 0.29) is 10.8 Å². The van der Waals surface area contributed by atoms with Gasteiger partial charge in [-0.05, 0) is 120 Å². The van der Waals surface area contributed by atoms with Crippen LogP contribution in [-0.4, -0.2) is 0 Å². The molecule has 8 aromatic rings. The first-order valence-corrected chi connectivity index (χ1v) is 18.7. The van der Waals surface area contributed by atoms with Crippen LogP contribution in [0.4, 0.5) is 17.1 Å². The number of hydrogen-bond donors (Lipinski definition) is 0. The summed E-state index contributed by atoms with van der Waals surface area (Å²) in [5, 5.41) is 0. The highest BCUT2D eigenvalue weighted by Crippen LogP contribution is 2.63. The van der Waals surface area contributed by atoms with Crippen molar-refractivity contribution in [3.8, 4) is 44.5 Å². The molecule has 0 aromatic heterocycles. The van der Waals surface area contributed by atoms with Gasteiger partial charge in [-0.2, -0.15) is 0 Å². The molecule has 11 rings (SSSR count). The van der Waals surface area contributed by atoms with Crippen molar-refractivity contribution < 1.29 is 0 Å². The molecule has 0 saturated heterocycles. The minimum absolute atomic E-state index is 0.0679. The summed E-state index contributed by atoms with van der Waals surface area (Å²) in [6.07, 6.45) is 0. The van der Waals surface area contributed by atoms with Gasteiger partial charge in [0.05, 0.1) is 5.41 Å². The molecule has 1 spiro atoms. The molecule has 0 amide bonds. The number of anilines is 3. The van der Waals surface area contributed by atoms with E-state index in [1.54, 1.807) is 0 Å². The third-order valence-corrected chi connectivity index (χ3v) is 12.3. The lowest BCUT2D eigenvalue weighted by atomic mass is 9.70. The van der Waals surface area contributed by atoms with Gasteiger partial charge in [0.2, 0.25) is 0 Å². The number of hydrogen-bond acceptors (Lipinski definition) is 1. The van der Waals surface area contributed by atoms with Crippen LogP contribution in [0.3, 0.4) is 0 Å². The zero-order valence-corrected chi connectivity index (χ0v) is 29.8. The Hall–Kier alpha value is -6.44. The minimum atomic E-state index is -0.316. The second kappa shape index (κ2) is 11.0. The summed E-state index contributed by atoms with van der Waals surface area (Å²) in [5.41, 5.74) is 21.8. The zero-order chi connectivity index (χ0) is 35.3. The average Bonchev–Trinajstić information content (AvgIpc) is 3.77. The number of benzene rings is 8. The van der Waals surface area contributed by atoms with Crippen LogP contribution >= 0.6 is 0 Å². The van der Waals surface area contributed by atoms with E-state index in [0.717, 1.165) is 11.4 Å². The van der Waals surface area contributed by atoms with Crippen LogP contribution in [0.25, 0.3) is 44.5 Å². The van der Waals surface area contributed by atoms with Gasteiger partial charge >= 0.3 is 0 Å². The minimum Gasteiger partial charge on any atom is -0.310 e. The van der Waals surface area contributed by atoms with E-state index in [0.29, 0.717) is 0 Å². The molecule has 3 aliphatic carbocycles. The smallest absolute Gasteiger partial charge is 0.0725 e. The molecule has 3 aliphatic rings. The average molecular weight is 676 g/mol. The summed E-state index contributed by atoms with van der Waals surface area (Å²) in [6, 6.07) is 70.0. The molecule has 0 heterocycles. The van der Waals surface area contributed by atoms with Gasteiger partial charge in [0.25, 0.3) is 0 Å². The van der Waals surface area contributed by atoms with Crippen molar-refractivity contribution >= 4 is 17.1 Å². The van der Waals surface area contributed by atoms with E-state index in [1.165, 1.54) is 83.6 Å². The molecule has 0 fully saturated rings. The summed E-state index contributed by atoms with van der Waals surface area (Å²) >= 11 is 0. The highest BCUT2D eigenvalue weighted by atomic mass is 15.1. The summed E-state index contributed by atoms with van der Waals surface area (Å²) in [4.78, 5) is 2.39. The molecule has 0 unspecified atom stereocenters. The molecule has 250 valence electrons. The molecule has 0 aliphatic heterocycles. The molecule has 53 heavy (non-hydrogen) atoms. The van der Waals surface area contributed by atoms with Crippen molar-refractivity contribution in [2.45, 2.75) is 24.7 Å². The monoisotopic (exact) mass is 675 g/mol. The van der Waals surface area contributed by atoms with Gasteiger partial charge in [-0.25, -0.2) is 0 Å².